The zero-order valence-corrected chi connectivity index (χ0v) is 13.5. The zero-order chi connectivity index (χ0) is 18.0. The van der Waals surface area contributed by atoms with Crippen LogP contribution in [0.5, 0.6) is 0 Å². The van der Waals surface area contributed by atoms with Crippen LogP contribution in [0, 0.1) is 0 Å². The first-order chi connectivity index (χ1) is 11.0. The van der Waals surface area contributed by atoms with Crippen LogP contribution in [0.2, 0.25) is 0 Å². The predicted octanol–water partition coefficient (Wildman–Crippen LogP) is 4.56. The zero-order valence-electron chi connectivity index (χ0n) is 13.5. The first-order valence-corrected chi connectivity index (χ1v) is 7.27. The number of aromatic nitrogens is 1. The number of nitrogens with one attached hydrogen (secondary N) is 2. The van der Waals surface area contributed by atoms with Gasteiger partial charge in [0.1, 0.15) is 5.69 Å². The summed E-state index contributed by atoms with van der Waals surface area (Å²) in [5.74, 6) is -0.489. The van der Waals surface area contributed by atoms with Crippen molar-refractivity contribution >= 4 is 17.3 Å². The normalized spacial score (nSPS) is 11.9. The van der Waals surface area contributed by atoms with Crippen LogP contribution >= 0.6 is 0 Å². The SMILES string of the molecule is CC(C)(C)Nc1ccc(C(=O)Nc2ccc(C(F)(F)F)cc2)nc1. The van der Waals surface area contributed by atoms with Crippen LogP contribution in [-0.2, 0) is 6.18 Å². The molecular weight excluding hydrogens is 319 g/mol. The minimum atomic E-state index is -4.40. The minimum absolute atomic E-state index is 0.133. The average molecular weight is 337 g/mol. The molecule has 1 heterocycles. The Hall–Kier alpha value is -2.57. The second-order valence-electron chi connectivity index (χ2n) is 6.34. The van der Waals surface area contributed by atoms with Crippen LogP contribution in [0.25, 0.3) is 0 Å². The van der Waals surface area contributed by atoms with E-state index in [9.17, 15) is 18.0 Å². The number of halogens is 3. The smallest absolute Gasteiger partial charge is 0.379 e. The van der Waals surface area contributed by atoms with E-state index >= 15 is 0 Å². The average Bonchev–Trinajstić information content (AvgIpc) is 2.46. The van der Waals surface area contributed by atoms with Gasteiger partial charge in [0.25, 0.3) is 5.91 Å². The number of anilines is 2. The molecule has 1 amide bonds. The summed E-state index contributed by atoms with van der Waals surface area (Å²) in [7, 11) is 0. The fourth-order valence-corrected chi connectivity index (χ4v) is 1.97. The van der Waals surface area contributed by atoms with Crippen molar-refractivity contribution in [3.05, 3.63) is 53.9 Å². The first kappa shape index (κ1) is 17.8. The molecule has 4 nitrogen and oxygen atoms in total. The minimum Gasteiger partial charge on any atom is -0.379 e. The van der Waals surface area contributed by atoms with Crippen LogP contribution in [-0.4, -0.2) is 16.4 Å². The van der Waals surface area contributed by atoms with Crippen LogP contribution in [0.4, 0.5) is 24.5 Å². The van der Waals surface area contributed by atoms with E-state index in [-0.39, 0.29) is 16.9 Å². The summed E-state index contributed by atoms with van der Waals surface area (Å²) < 4.78 is 37.5. The third kappa shape index (κ3) is 4.97. The molecule has 1 aromatic heterocycles. The molecule has 0 aliphatic rings. The maximum atomic E-state index is 12.5. The van der Waals surface area contributed by atoms with Gasteiger partial charge in [-0.25, -0.2) is 4.98 Å². The summed E-state index contributed by atoms with van der Waals surface area (Å²) in [6, 6.07) is 7.51. The summed E-state index contributed by atoms with van der Waals surface area (Å²) in [6.07, 6.45) is -2.87. The summed E-state index contributed by atoms with van der Waals surface area (Å²) >= 11 is 0. The standard InChI is InChI=1S/C17H18F3N3O/c1-16(2,3)23-13-8-9-14(21-10-13)15(24)22-12-6-4-11(5-7-12)17(18,19)20/h4-10,23H,1-3H3,(H,22,24). The highest BCUT2D eigenvalue weighted by Crippen LogP contribution is 2.29. The second-order valence-corrected chi connectivity index (χ2v) is 6.34. The lowest BCUT2D eigenvalue weighted by Crippen LogP contribution is -2.26. The summed E-state index contributed by atoms with van der Waals surface area (Å²) in [4.78, 5) is 16.1. The molecule has 0 aliphatic carbocycles. The summed E-state index contributed by atoms with van der Waals surface area (Å²) in [6.45, 7) is 5.99. The molecule has 2 N–H and O–H groups in total. The van der Waals surface area contributed by atoms with Gasteiger partial charge in [-0.1, -0.05) is 0 Å². The molecule has 1 aromatic carbocycles. The van der Waals surface area contributed by atoms with E-state index in [1.165, 1.54) is 18.3 Å². The van der Waals surface area contributed by atoms with Crippen LogP contribution in [0.3, 0.4) is 0 Å². The molecule has 0 atom stereocenters. The van der Waals surface area contributed by atoms with Gasteiger partial charge in [-0.15, -0.1) is 0 Å². The molecule has 7 heteroatoms. The third-order valence-corrected chi connectivity index (χ3v) is 2.99. The van der Waals surface area contributed by atoms with Crippen molar-refractivity contribution in [3.8, 4) is 0 Å². The summed E-state index contributed by atoms with van der Waals surface area (Å²) in [5.41, 5.74) is 0.317. The van der Waals surface area contributed by atoms with Crippen molar-refractivity contribution in [3.63, 3.8) is 0 Å². The van der Waals surface area contributed by atoms with Crippen molar-refractivity contribution in [1.82, 2.24) is 4.98 Å². The van der Waals surface area contributed by atoms with E-state index in [0.717, 1.165) is 17.8 Å². The fraction of sp³-hybridized carbons (Fsp3) is 0.294. The monoisotopic (exact) mass is 337 g/mol. The Morgan fingerprint density at radius 2 is 1.54 bits per heavy atom. The fourth-order valence-electron chi connectivity index (χ4n) is 1.97. The number of pyridine rings is 1. The lowest BCUT2D eigenvalue weighted by Gasteiger charge is -2.21. The molecule has 24 heavy (non-hydrogen) atoms. The Labute approximate surface area is 138 Å². The Morgan fingerprint density at radius 1 is 0.958 bits per heavy atom. The van der Waals surface area contributed by atoms with Gasteiger partial charge < -0.3 is 10.6 Å². The van der Waals surface area contributed by atoms with Crippen molar-refractivity contribution < 1.29 is 18.0 Å². The Morgan fingerprint density at radius 3 is 2.00 bits per heavy atom. The van der Waals surface area contributed by atoms with Gasteiger partial charge in [-0.05, 0) is 57.2 Å². The number of rotatable bonds is 3. The van der Waals surface area contributed by atoms with Crippen LogP contribution < -0.4 is 10.6 Å². The summed E-state index contributed by atoms with van der Waals surface area (Å²) in [5, 5.41) is 5.73. The lowest BCUT2D eigenvalue weighted by atomic mass is 10.1. The Balaban J connectivity index is 2.04. The van der Waals surface area contributed by atoms with Gasteiger partial charge >= 0.3 is 6.18 Å². The van der Waals surface area contributed by atoms with Crippen molar-refractivity contribution in [2.75, 3.05) is 10.6 Å². The molecule has 2 rings (SSSR count). The quantitative estimate of drug-likeness (QED) is 0.863. The molecule has 0 saturated heterocycles. The van der Waals surface area contributed by atoms with Gasteiger partial charge in [0, 0.05) is 11.2 Å². The molecule has 128 valence electrons. The molecular formula is C17H18F3N3O. The second kappa shape index (κ2) is 6.51. The number of nitrogens with zero attached hydrogens (tertiary/aromatic N) is 1. The van der Waals surface area contributed by atoms with E-state index in [0.29, 0.717) is 0 Å². The number of benzene rings is 1. The maximum Gasteiger partial charge on any atom is 0.416 e. The third-order valence-electron chi connectivity index (χ3n) is 2.99. The van der Waals surface area contributed by atoms with E-state index in [2.05, 4.69) is 15.6 Å². The molecule has 0 bridgehead atoms. The number of carbonyl (C=O) groups is 1. The highest BCUT2D eigenvalue weighted by molar-refractivity contribution is 6.02. The number of hydrogen-bond donors (Lipinski definition) is 2. The van der Waals surface area contributed by atoms with Crippen LogP contribution in [0.1, 0.15) is 36.8 Å². The Bertz CT molecular complexity index is 702. The number of alkyl halides is 3. The number of hydrogen-bond acceptors (Lipinski definition) is 3. The van der Waals surface area contributed by atoms with Gasteiger partial charge in [0.2, 0.25) is 0 Å². The first-order valence-electron chi connectivity index (χ1n) is 7.27. The van der Waals surface area contributed by atoms with Gasteiger partial charge in [-0.3, -0.25) is 4.79 Å². The van der Waals surface area contributed by atoms with E-state index in [1.807, 2.05) is 20.8 Å². The van der Waals surface area contributed by atoms with Crippen LogP contribution in [0.15, 0.2) is 42.6 Å². The topological polar surface area (TPSA) is 54.0 Å². The number of amides is 1. The van der Waals surface area contributed by atoms with Crippen molar-refractivity contribution in [1.29, 1.82) is 0 Å². The molecule has 0 saturated carbocycles. The van der Waals surface area contributed by atoms with Gasteiger partial charge in [0.05, 0.1) is 17.4 Å². The number of carbonyl (C=O) groups excluding carboxylic acids is 1. The lowest BCUT2D eigenvalue weighted by molar-refractivity contribution is -0.137. The van der Waals surface area contributed by atoms with Crippen molar-refractivity contribution in [2.24, 2.45) is 0 Å². The molecule has 2 aromatic rings. The maximum absolute atomic E-state index is 12.5. The van der Waals surface area contributed by atoms with Gasteiger partial charge in [-0.2, -0.15) is 13.2 Å². The molecule has 0 unspecified atom stereocenters. The Kier molecular flexibility index (Phi) is 4.82. The largest absolute Gasteiger partial charge is 0.416 e. The van der Waals surface area contributed by atoms with E-state index < -0.39 is 17.6 Å². The molecule has 0 aliphatic heterocycles. The van der Waals surface area contributed by atoms with Gasteiger partial charge in [0.15, 0.2) is 0 Å². The molecule has 0 spiro atoms. The molecule has 0 fully saturated rings. The highest BCUT2D eigenvalue weighted by Gasteiger charge is 2.30. The molecule has 0 radical (unpaired) electrons. The van der Waals surface area contributed by atoms with Crippen molar-refractivity contribution in [2.45, 2.75) is 32.5 Å². The predicted molar refractivity (Wildman–Crippen MR) is 87.0 cm³/mol. The van der Waals surface area contributed by atoms with E-state index in [4.69, 9.17) is 0 Å². The highest BCUT2D eigenvalue weighted by atomic mass is 19.4. The van der Waals surface area contributed by atoms with E-state index in [1.54, 1.807) is 12.1 Å².